The van der Waals surface area contributed by atoms with Gasteiger partial charge in [0.05, 0.1) is 5.56 Å². The zero-order valence-electron chi connectivity index (χ0n) is 9.85. The summed E-state index contributed by atoms with van der Waals surface area (Å²) in [5, 5.41) is 5.72. The van der Waals surface area contributed by atoms with E-state index in [1.54, 1.807) is 22.6 Å². The smallest absolute Gasteiger partial charge is 0.352 e. The summed E-state index contributed by atoms with van der Waals surface area (Å²) in [4.78, 5) is 11.8. The Labute approximate surface area is 122 Å². The van der Waals surface area contributed by atoms with Crippen LogP contribution in [0.4, 0.5) is 13.2 Å². The van der Waals surface area contributed by atoms with Crippen molar-refractivity contribution >= 4 is 28.5 Å². The van der Waals surface area contributed by atoms with E-state index >= 15 is 0 Å². The maximum absolute atomic E-state index is 12.6. The number of hydrogen-bond acceptors (Lipinski definition) is 2. The predicted molar refractivity (Wildman–Crippen MR) is 72.9 cm³/mol. The fourth-order valence-corrected chi connectivity index (χ4v) is 2.39. The molecule has 1 amide bonds. The van der Waals surface area contributed by atoms with Gasteiger partial charge in [-0.05, 0) is 40.8 Å². The van der Waals surface area contributed by atoms with Crippen molar-refractivity contribution < 1.29 is 18.0 Å². The molecule has 1 aromatic carbocycles. The third-order valence-electron chi connectivity index (χ3n) is 2.90. The first-order valence-electron chi connectivity index (χ1n) is 5.73. The molecule has 1 saturated heterocycles. The van der Waals surface area contributed by atoms with E-state index in [2.05, 4.69) is 10.6 Å². The molecule has 19 heavy (non-hydrogen) atoms. The fourth-order valence-electron chi connectivity index (χ4n) is 1.72. The van der Waals surface area contributed by atoms with E-state index in [-0.39, 0.29) is 5.56 Å². The number of alkyl halides is 3. The molecule has 1 aliphatic rings. The summed E-state index contributed by atoms with van der Waals surface area (Å²) >= 11 is 1.77. The van der Waals surface area contributed by atoms with Crippen LogP contribution in [0.15, 0.2) is 18.2 Å². The quantitative estimate of drug-likeness (QED) is 0.786. The second-order valence-electron chi connectivity index (χ2n) is 4.46. The van der Waals surface area contributed by atoms with Gasteiger partial charge in [0, 0.05) is 34.7 Å². The van der Waals surface area contributed by atoms with Crippen LogP contribution in [0.3, 0.4) is 0 Å². The predicted octanol–water partition coefficient (Wildman–Crippen LogP) is 2.26. The van der Waals surface area contributed by atoms with Crippen molar-refractivity contribution in [3.8, 4) is 0 Å². The highest BCUT2D eigenvalue weighted by Gasteiger charge is 2.31. The molecule has 1 fully saturated rings. The van der Waals surface area contributed by atoms with E-state index in [0.29, 0.717) is 16.0 Å². The first kappa shape index (κ1) is 14.6. The maximum atomic E-state index is 12.6. The third-order valence-corrected chi connectivity index (χ3v) is 3.53. The molecule has 0 radical (unpaired) electrons. The van der Waals surface area contributed by atoms with Gasteiger partial charge in [-0.1, -0.05) is 0 Å². The lowest BCUT2D eigenvalue weighted by molar-refractivity contribution is -0.137. The Morgan fingerprint density at radius 1 is 1.37 bits per heavy atom. The van der Waals surface area contributed by atoms with Crippen molar-refractivity contribution in [2.45, 2.75) is 6.18 Å². The summed E-state index contributed by atoms with van der Waals surface area (Å²) < 4.78 is 38.3. The first-order valence-corrected chi connectivity index (χ1v) is 6.81. The maximum Gasteiger partial charge on any atom is 0.416 e. The molecule has 104 valence electrons. The van der Waals surface area contributed by atoms with Gasteiger partial charge in [0.2, 0.25) is 0 Å². The lowest BCUT2D eigenvalue weighted by Gasteiger charge is -2.27. The van der Waals surface area contributed by atoms with Crippen LogP contribution in [0.5, 0.6) is 0 Å². The Bertz CT molecular complexity index is 486. The second kappa shape index (κ2) is 5.66. The van der Waals surface area contributed by atoms with Gasteiger partial charge in [0.25, 0.3) is 5.91 Å². The summed E-state index contributed by atoms with van der Waals surface area (Å²) in [5.41, 5.74) is -0.749. The zero-order chi connectivity index (χ0) is 14.0. The Hall–Kier alpha value is -0.830. The van der Waals surface area contributed by atoms with Crippen molar-refractivity contribution in [2.24, 2.45) is 5.92 Å². The molecule has 1 aliphatic heterocycles. The molecule has 2 N–H and O–H groups in total. The van der Waals surface area contributed by atoms with Gasteiger partial charge in [-0.3, -0.25) is 4.79 Å². The largest absolute Gasteiger partial charge is 0.416 e. The average Bonchev–Trinajstić information content (AvgIpc) is 2.24. The topological polar surface area (TPSA) is 41.1 Å². The Morgan fingerprint density at radius 3 is 2.58 bits per heavy atom. The van der Waals surface area contributed by atoms with E-state index in [4.69, 9.17) is 0 Å². The second-order valence-corrected chi connectivity index (χ2v) is 5.71. The van der Waals surface area contributed by atoms with Crippen molar-refractivity contribution in [3.05, 3.63) is 32.9 Å². The minimum absolute atomic E-state index is 0.0477. The number of benzene rings is 1. The van der Waals surface area contributed by atoms with Gasteiger partial charge >= 0.3 is 6.18 Å². The minimum atomic E-state index is -4.44. The highest BCUT2D eigenvalue weighted by molar-refractivity contribution is 14.1. The van der Waals surface area contributed by atoms with Crippen LogP contribution < -0.4 is 10.6 Å². The van der Waals surface area contributed by atoms with E-state index in [1.165, 1.54) is 6.07 Å². The normalized spacial score (nSPS) is 16.0. The van der Waals surface area contributed by atoms with Gasteiger partial charge in [-0.25, -0.2) is 0 Å². The van der Waals surface area contributed by atoms with E-state index < -0.39 is 17.6 Å². The van der Waals surface area contributed by atoms with Gasteiger partial charge in [-0.15, -0.1) is 0 Å². The number of rotatable bonds is 3. The van der Waals surface area contributed by atoms with Crippen LogP contribution in [-0.4, -0.2) is 25.5 Å². The monoisotopic (exact) mass is 384 g/mol. The molecule has 2 rings (SSSR count). The van der Waals surface area contributed by atoms with Crippen LogP contribution in [0.1, 0.15) is 15.9 Å². The average molecular weight is 384 g/mol. The number of nitrogens with one attached hydrogen (secondary N) is 2. The molecule has 1 heterocycles. The molecular weight excluding hydrogens is 372 g/mol. The van der Waals surface area contributed by atoms with E-state index in [1.807, 2.05) is 0 Å². The third kappa shape index (κ3) is 3.82. The summed E-state index contributed by atoms with van der Waals surface area (Å²) in [6.07, 6.45) is -4.44. The summed E-state index contributed by atoms with van der Waals surface area (Å²) in [6.45, 7) is 2.15. The zero-order valence-corrected chi connectivity index (χ0v) is 12.0. The number of carbonyl (C=O) groups is 1. The lowest BCUT2D eigenvalue weighted by Crippen LogP contribution is -2.48. The van der Waals surface area contributed by atoms with Crippen LogP contribution in [-0.2, 0) is 6.18 Å². The molecule has 0 saturated carbocycles. The van der Waals surface area contributed by atoms with Crippen molar-refractivity contribution in [2.75, 3.05) is 19.6 Å². The number of amides is 1. The van der Waals surface area contributed by atoms with Crippen molar-refractivity contribution in [1.82, 2.24) is 10.6 Å². The van der Waals surface area contributed by atoms with Crippen LogP contribution in [0, 0.1) is 9.49 Å². The molecule has 3 nitrogen and oxygen atoms in total. The molecule has 7 heteroatoms. The molecule has 0 atom stereocenters. The summed E-state index contributed by atoms with van der Waals surface area (Å²) in [7, 11) is 0. The SMILES string of the molecule is O=C(NCC1CNC1)c1cc(I)cc(C(F)(F)F)c1. The molecule has 1 aromatic rings. The Balaban J connectivity index is 2.09. The lowest BCUT2D eigenvalue weighted by atomic mass is 10.0. The first-order chi connectivity index (χ1) is 8.86. The highest BCUT2D eigenvalue weighted by Crippen LogP contribution is 2.31. The van der Waals surface area contributed by atoms with E-state index in [9.17, 15) is 18.0 Å². The molecule has 0 aromatic heterocycles. The fraction of sp³-hybridized carbons (Fsp3) is 0.417. The van der Waals surface area contributed by atoms with Gasteiger partial charge in [0.15, 0.2) is 0 Å². The van der Waals surface area contributed by atoms with Crippen molar-refractivity contribution in [3.63, 3.8) is 0 Å². The number of hydrogen-bond donors (Lipinski definition) is 2. The molecule has 0 bridgehead atoms. The Kier molecular flexibility index (Phi) is 4.34. The van der Waals surface area contributed by atoms with E-state index in [0.717, 1.165) is 25.2 Å². The van der Waals surface area contributed by atoms with Gasteiger partial charge in [-0.2, -0.15) is 13.2 Å². The van der Waals surface area contributed by atoms with Crippen molar-refractivity contribution in [1.29, 1.82) is 0 Å². The molecule has 0 unspecified atom stereocenters. The van der Waals surface area contributed by atoms with Gasteiger partial charge < -0.3 is 10.6 Å². The number of halogens is 4. The van der Waals surface area contributed by atoms with Crippen LogP contribution in [0.25, 0.3) is 0 Å². The van der Waals surface area contributed by atoms with Gasteiger partial charge in [0.1, 0.15) is 0 Å². The summed E-state index contributed by atoms with van der Waals surface area (Å²) in [6, 6.07) is 3.36. The molecule has 0 spiro atoms. The summed E-state index contributed by atoms with van der Waals surface area (Å²) in [5.74, 6) is -0.0928. The molecule has 0 aliphatic carbocycles. The minimum Gasteiger partial charge on any atom is -0.352 e. The Morgan fingerprint density at radius 2 is 2.05 bits per heavy atom. The van der Waals surface area contributed by atoms with Crippen LogP contribution in [0.2, 0.25) is 0 Å². The molecular formula is C12H12F3IN2O. The highest BCUT2D eigenvalue weighted by atomic mass is 127. The van der Waals surface area contributed by atoms with Crippen LogP contribution >= 0.6 is 22.6 Å². The standard InChI is InChI=1S/C12H12F3IN2O/c13-12(14,15)9-1-8(2-10(16)3-9)11(19)18-6-7-4-17-5-7/h1-3,7,17H,4-6H2,(H,18,19). The number of carbonyl (C=O) groups excluding carboxylic acids is 1.